The molecule has 0 saturated carbocycles. The summed E-state index contributed by atoms with van der Waals surface area (Å²) in [5, 5.41) is 0. The van der Waals surface area contributed by atoms with Crippen molar-refractivity contribution in [3.63, 3.8) is 0 Å². The molecule has 2 heteroatoms. The van der Waals surface area contributed by atoms with E-state index in [0.29, 0.717) is 6.04 Å². The number of nitrogens with one attached hydrogen (secondary N) is 1. The average Bonchev–Trinajstić information content (AvgIpc) is 2.03. The van der Waals surface area contributed by atoms with Crippen molar-refractivity contribution in [2.75, 3.05) is 0 Å². The van der Waals surface area contributed by atoms with Crippen LogP contribution in [0.4, 0.5) is 0 Å². The summed E-state index contributed by atoms with van der Waals surface area (Å²) < 4.78 is 0. The van der Waals surface area contributed by atoms with Crippen LogP contribution in [0.15, 0.2) is 0 Å². The maximum Gasteiger partial charge on any atom is 0.0210 e. The van der Waals surface area contributed by atoms with Crippen LogP contribution >= 0.6 is 0 Å². The Morgan fingerprint density at radius 1 is 1.09 bits per heavy atom. The fourth-order valence-electron chi connectivity index (χ4n) is 1.30. The zero-order chi connectivity index (χ0) is 8.53. The zero-order valence-electron chi connectivity index (χ0n) is 7.90. The number of hydrazine groups is 1. The first-order valence-electron chi connectivity index (χ1n) is 4.81. The van der Waals surface area contributed by atoms with E-state index >= 15 is 0 Å². The van der Waals surface area contributed by atoms with Crippen LogP contribution in [0.5, 0.6) is 0 Å². The third-order valence-electron chi connectivity index (χ3n) is 2.03. The van der Waals surface area contributed by atoms with Crippen molar-refractivity contribution >= 4 is 0 Å². The third kappa shape index (κ3) is 6.32. The van der Waals surface area contributed by atoms with E-state index < -0.39 is 0 Å². The zero-order valence-corrected chi connectivity index (χ0v) is 7.90. The molecule has 0 amide bonds. The molecule has 0 unspecified atom stereocenters. The predicted octanol–water partition coefficient (Wildman–Crippen LogP) is 2.20. The smallest absolute Gasteiger partial charge is 0.0210 e. The second-order valence-corrected chi connectivity index (χ2v) is 3.15. The first-order valence-corrected chi connectivity index (χ1v) is 4.81. The van der Waals surface area contributed by atoms with Gasteiger partial charge in [-0.15, -0.1) is 0 Å². The summed E-state index contributed by atoms with van der Waals surface area (Å²) in [5.41, 5.74) is 2.86. The van der Waals surface area contributed by atoms with Crippen molar-refractivity contribution in [1.29, 1.82) is 0 Å². The maximum atomic E-state index is 5.39. The minimum absolute atomic E-state index is 0.548. The minimum Gasteiger partial charge on any atom is -0.271 e. The van der Waals surface area contributed by atoms with E-state index in [0.717, 1.165) is 0 Å². The standard InChI is InChI=1S/C9H22N2/c1-3-5-6-8-9(11-10)7-4-2/h9,11H,3-8,10H2,1-2H3/t9-/m0/s1. The number of nitrogens with two attached hydrogens (primary N) is 1. The van der Waals surface area contributed by atoms with Gasteiger partial charge in [0.15, 0.2) is 0 Å². The van der Waals surface area contributed by atoms with E-state index in [1.807, 2.05) is 0 Å². The molecular weight excluding hydrogens is 136 g/mol. The summed E-state index contributed by atoms with van der Waals surface area (Å²) in [5.74, 6) is 5.39. The van der Waals surface area contributed by atoms with E-state index in [1.54, 1.807) is 0 Å². The van der Waals surface area contributed by atoms with Crippen molar-refractivity contribution < 1.29 is 0 Å². The Balaban J connectivity index is 3.20. The summed E-state index contributed by atoms with van der Waals surface area (Å²) in [4.78, 5) is 0. The molecule has 1 atom stereocenters. The first-order chi connectivity index (χ1) is 5.35. The molecule has 11 heavy (non-hydrogen) atoms. The van der Waals surface area contributed by atoms with Crippen LogP contribution in [0, 0.1) is 0 Å². The van der Waals surface area contributed by atoms with Gasteiger partial charge in [-0.2, -0.15) is 0 Å². The Morgan fingerprint density at radius 2 is 1.82 bits per heavy atom. The van der Waals surface area contributed by atoms with Crippen LogP contribution in [0.3, 0.4) is 0 Å². The van der Waals surface area contributed by atoms with E-state index in [-0.39, 0.29) is 0 Å². The van der Waals surface area contributed by atoms with Crippen LogP contribution in [0.25, 0.3) is 0 Å². The second kappa shape index (κ2) is 8.02. The normalized spacial score (nSPS) is 13.4. The summed E-state index contributed by atoms with van der Waals surface area (Å²) >= 11 is 0. The first kappa shape index (κ1) is 10.9. The Hall–Kier alpha value is -0.0800. The van der Waals surface area contributed by atoms with E-state index in [4.69, 9.17) is 5.84 Å². The number of hydrogen-bond acceptors (Lipinski definition) is 2. The van der Waals surface area contributed by atoms with Gasteiger partial charge in [-0.25, -0.2) is 0 Å². The predicted molar refractivity (Wildman–Crippen MR) is 50.2 cm³/mol. The largest absolute Gasteiger partial charge is 0.271 e. The SMILES string of the molecule is CCCCC[C@H](CCC)NN. The fraction of sp³-hybridized carbons (Fsp3) is 1.00. The van der Waals surface area contributed by atoms with Gasteiger partial charge in [0.05, 0.1) is 0 Å². The van der Waals surface area contributed by atoms with Crippen LogP contribution in [0.1, 0.15) is 52.4 Å². The summed E-state index contributed by atoms with van der Waals surface area (Å²) in [6.07, 6.45) is 7.61. The van der Waals surface area contributed by atoms with Crippen LogP contribution in [-0.4, -0.2) is 6.04 Å². The molecule has 0 saturated heterocycles. The molecule has 0 spiro atoms. The molecule has 0 fully saturated rings. The van der Waals surface area contributed by atoms with Crippen LogP contribution in [-0.2, 0) is 0 Å². The molecule has 0 aromatic carbocycles. The number of rotatable bonds is 7. The average molecular weight is 158 g/mol. The van der Waals surface area contributed by atoms with Gasteiger partial charge in [0, 0.05) is 6.04 Å². The van der Waals surface area contributed by atoms with Gasteiger partial charge in [-0.1, -0.05) is 39.5 Å². The molecule has 0 heterocycles. The summed E-state index contributed by atoms with van der Waals surface area (Å²) in [6, 6.07) is 0.548. The molecule has 0 radical (unpaired) electrons. The van der Waals surface area contributed by atoms with Crippen LogP contribution in [0.2, 0.25) is 0 Å². The van der Waals surface area contributed by atoms with E-state index in [1.165, 1.54) is 38.5 Å². The van der Waals surface area contributed by atoms with Gasteiger partial charge in [0.1, 0.15) is 0 Å². The van der Waals surface area contributed by atoms with Gasteiger partial charge in [-0.3, -0.25) is 11.3 Å². The molecule has 2 nitrogen and oxygen atoms in total. The second-order valence-electron chi connectivity index (χ2n) is 3.15. The molecular formula is C9H22N2. The maximum absolute atomic E-state index is 5.39. The van der Waals surface area contributed by atoms with Crippen molar-refractivity contribution in [2.45, 2.75) is 58.4 Å². The highest BCUT2D eigenvalue weighted by atomic mass is 15.2. The highest BCUT2D eigenvalue weighted by Gasteiger charge is 2.02. The Labute approximate surface area is 70.5 Å². The van der Waals surface area contributed by atoms with Crippen molar-refractivity contribution in [2.24, 2.45) is 5.84 Å². The van der Waals surface area contributed by atoms with Gasteiger partial charge in [0.25, 0.3) is 0 Å². The molecule has 0 aromatic rings. The molecule has 3 N–H and O–H groups in total. The number of hydrogen-bond donors (Lipinski definition) is 2. The lowest BCUT2D eigenvalue weighted by Crippen LogP contribution is -2.34. The van der Waals surface area contributed by atoms with Gasteiger partial charge in [0.2, 0.25) is 0 Å². The van der Waals surface area contributed by atoms with Gasteiger partial charge >= 0.3 is 0 Å². The summed E-state index contributed by atoms with van der Waals surface area (Å²) in [6.45, 7) is 4.43. The Bertz CT molecular complexity index is 74.0. The molecule has 0 aliphatic rings. The van der Waals surface area contributed by atoms with E-state index in [2.05, 4.69) is 19.3 Å². The Morgan fingerprint density at radius 3 is 2.27 bits per heavy atom. The van der Waals surface area contributed by atoms with Gasteiger partial charge in [-0.05, 0) is 12.8 Å². The summed E-state index contributed by atoms with van der Waals surface area (Å²) in [7, 11) is 0. The molecule has 0 aliphatic heterocycles. The lowest BCUT2D eigenvalue weighted by atomic mass is 10.1. The molecule has 0 aromatic heterocycles. The lowest BCUT2D eigenvalue weighted by molar-refractivity contribution is 0.440. The Kier molecular flexibility index (Phi) is 7.96. The van der Waals surface area contributed by atoms with Crippen molar-refractivity contribution in [1.82, 2.24) is 5.43 Å². The minimum atomic E-state index is 0.548. The highest BCUT2D eigenvalue weighted by molar-refractivity contribution is 4.61. The fourth-order valence-corrected chi connectivity index (χ4v) is 1.30. The number of unbranched alkanes of at least 4 members (excludes halogenated alkanes) is 2. The van der Waals surface area contributed by atoms with Gasteiger partial charge < -0.3 is 0 Å². The third-order valence-corrected chi connectivity index (χ3v) is 2.03. The van der Waals surface area contributed by atoms with Crippen LogP contribution < -0.4 is 11.3 Å². The van der Waals surface area contributed by atoms with E-state index in [9.17, 15) is 0 Å². The molecule has 0 bridgehead atoms. The topological polar surface area (TPSA) is 38.0 Å². The lowest BCUT2D eigenvalue weighted by Gasteiger charge is -2.13. The monoisotopic (exact) mass is 158 g/mol. The molecule has 0 rings (SSSR count). The van der Waals surface area contributed by atoms with Crippen molar-refractivity contribution in [3.05, 3.63) is 0 Å². The molecule has 0 aliphatic carbocycles. The van der Waals surface area contributed by atoms with Crippen molar-refractivity contribution in [3.8, 4) is 0 Å². The molecule has 68 valence electrons. The highest BCUT2D eigenvalue weighted by Crippen LogP contribution is 2.06. The quantitative estimate of drug-likeness (QED) is 0.338.